The number of hydrogen-bond acceptors (Lipinski definition) is 5. The summed E-state index contributed by atoms with van der Waals surface area (Å²) in [7, 11) is 6.39. The third-order valence-electron chi connectivity index (χ3n) is 4.01. The van der Waals surface area contributed by atoms with Crippen molar-refractivity contribution in [3.05, 3.63) is 47.5 Å². The lowest BCUT2D eigenvalue weighted by Gasteiger charge is -2.15. The van der Waals surface area contributed by atoms with Gasteiger partial charge in [0.25, 0.3) is 0 Å². The van der Waals surface area contributed by atoms with Crippen molar-refractivity contribution in [1.82, 2.24) is 5.32 Å². The Balaban J connectivity index is 1.94. The van der Waals surface area contributed by atoms with Crippen LogP contribution in [0.25, 0.3) is 0 Å². The molecule has 2 aromatic rings. The molecule has 0 unspecified atom stereocenters. The van der Waals surface area contributed by atoms with Gasteiger partial charge in [0, 0.05) is 18.2 Å². The monoisotopic (exact) mass is 359 g/mol. The number of nitrogens with one attached hydrogen (secondary N) is 1. The normalized spacial score (nSPS) is 10.2. The zero-order valence-electron chi connectivity index (χ0n) is 15.6. The van der Waals surface area contributed by atoms with Gasteiger partial charge < -0.3 is 24.3 Å². The molecule has 0 heterocycles. The Bertz CT molecular complexity index is 728. The number of carbonyl (C=O) groups excluding carboxylic acids is 1. The van der Waals surface area contributed by atoms with Crippen LogP contribution in [0.3, 0.4) is 0 Å². The van der Waals surface area contributed by atoms with E-state index in [1.54, 1.807) is 34.5 Å². The SMILES string of the molecule is COc1ccc(CC(=O)NCCc2cc(OC)cc(OC)c2OC)cc1. The molecule has 2 rings (SSSR count). The second-order valence-electron chi connectivity index (χ2n) is 5.65. The standard InChI is InChI=1S/C20H25NO5/c1-23-16-7-5-14(6-8-16)11-19(22)21-10-9-15-12-17(24-2)13-18(25-3)20(15)26-4/h5-8,12-13H,9-11H2,1-4H3,(H,21,22). The van der Waals surface area contributed by atoms with Crippen molar-refractivity contribution in [1.29, 1.82) is 0 Å². The molecule has 6 nitrogen and oxygen atoms in total. The highest BCUT2D eigenvalue weighted by molar-refractivity contribution is 5.78. The second kappa shape index (κ2) is 9.56. The minimum Gasteiger partial charge on any atom is -0.497 e. The summed E-state index contributed by atoms with van der Waals surface area (Å²) in [6, 6.07) is 11.1. The molecule has 0 bridgehead atoms. The zero-order chi connectivity index (χ0) is 18.9. The molecular weight excluding hydrogens is 334 g/mol. The van der Waals surface area contributed by atoms with Crippen LogP contribution in [-0.2, 0) is 17.6 Å². The first kappa shape index (κ1) is 19.4. The molecule has 0 fully saturated rings. The van der Waals surface area contributed by atoms with E-state index in [0.29, 0.717) is 36.6 Å². The van der Waals surface area contributed by atoms with Crippen molar-refractivity contribution < 1.29 is 23.7 Å². The van der Waals surface area contributed by atoms with E-state index in [-0.39, 0.29) is 5.91 Å². The summed E-state index contributed by atoms with van der Waals surface area (Å²) in [4.78, 5) is 12.1. The van der Waals surface area contributed by atoms with Gasteiger partial charge >= 0.3 is 0 Å². The average Bonchev–Trinajstić information content (AvgIpc) is 2.67. The third kappa shape index (κ3) is 5.05. The lowest BCUT2D eigenvalue weighted by atomic mass is 10.1. The Labute approximate surface area is 154 Å². The maximum Gasteiger partial charge on any atom is 0.224 e. The van der Waals surface area contributed by atoms with Crippen LogP contribution in [0.15, 0.2) is 36.4 Å². The molecule has 0 aliphatic rings. The fraction of sp³-hybridized carbons (Fsp3) is 0.350. The van der Waals surface area contributed by atoms with Gasteiger partial charge in [0.1, 0.15) is 11.5 Å². The maximum atomic E-state index is 12.1. The van der Waals surface area contributed by atoms with E-state index < -0.39 is 0 Å². The number of amides is 1. The summed E-state index contributed by atoms with van der Waals surface area (Å²) in [5.74, 6) is 2.67. The molecule has 2 aromatic carbocycles. The predicted octanol–water partition coefficient (Wildman–Crippen LogP) is 2.62. The van der Waals surface area contributed by atoms with Crippen LogP contribution in [0.2, 0.25) is 0 Å². The summed E-state index contributed by atoms with van der Waals surface area (Å²) in [6.07, 6.45) is 0.924. The summed E-state index contributed by atoms with van der Waals surface area (Å²) in [5, 5.41) is 2.93. The van der Waals surface area contributed by atoms with E-state index in [9.17, 15) is 4.79 Å². The van der Waals surface area contributed by atoms with Crippen LogP contribution in [0, 0.1) is 0 Å². The molecule has 0 saturated carbocycles. The lowest BCUT2D eigenvalue weighted by Crippen LogP contribution is -2.27. The Morgan fingerprint density at radius 1 is 0.885 bits per heavy atom. The Hall–Kier alpha value is -2.89. The number of rotatable bonds is 9. The van der Waals surface area contributed by atoms with Gasteiger partial charge in [-0.25, -0.2) is 0 Å². The van der Waals surface area contributed by atoms with Gasteiger partial charge in [-0.05, 0) is 30.2 Å². The van der Waals surface area contributed by atoms with Crippen LogP contribution < -0.4 is 24.3 Å². The highest BCUT2D eigenvalue weighted by atomic mass is 16.5. The van der Waals surface area contributed by atoms with Crippen molar-refractivity contribution in [2.24, 2.45) is 0 Å². The number of carbonyl (C=O) groups is 1. The largest absolute Gasteiger partial charge is 0.497 e. The summed E-state index contributed by atoms with van der Waals surface area (Å²) in [5.41, 5.74) is 1.84. The summed E-state index contributed by atoms with van der Waals surface area (Å²) in [6.45, 7) is 0.488. The molecule has 0 saturated heterocycles. The fourth-order valence-corrected chi connectivity index (χ4v) is 2.65. The van der Waals surface area contributed by atoms with Gasteiger partial charge in [-0.2, -0.15) is 0 Å². The number of hydrogen-bond donors (Lipinski definition) is 1. The quantitative estimate of drug-likeness (QED) is 0.746. The van der Waals surface area contributed by atoms with E-state index in [1.807, 2.05) is 30.3 Å². The van der Waals surface area contributed by atoms with Crippen LogP contribution in [0.4, 0.5) is 0 Å². The van der Waals surface area contributed by atoms with Crippen LogP contribution in [0.5, 0.6) is 23.0 Å². The van der Waals surface area contributed by atoms with Gasteiger partial charge in [0.2, 0.25) is 5.91 Å². The van der Waals surface area contributed by atoms with Crippen molar-refractivity contribution in [2.45, 2.75) is 12.8 Å². The highest BCUT2D eigenvalue weighted by Gasteiger charge is 2.13. The molecule has 140 valence electrons. The van der Waals surface area contributed by atoms with E-state index in [1.165, 1.54) is 0 Å². The van der Waals surface area contributed by atoms with Crippen molar-refractivity contribution in [3.63, 3.8) is 0 Å². The van der Waals surface area contributed by atoms with E-state index in [4.69, 9.17) is 18.9 Å². The highest BCUT2D eigenvalue weighted by Crippen LogP contribution is 2.35. The second-order valence-corrected chi connectivity index (χ2v) is 5.65. The number of ether oxygens (including phenoxy) is 4. The minimum atomic E-state index is -0.0380. The topological polar surface area (TPSA) is 66.0 Å². The molecule has 0 atom stereocenters. The molecule has 0 aromatic heterocycles. The molecular formula is C20H25NO5. The molecule has 1 amide bonds. The fourth-order valence-electron chi connectivity index (χ4n) is 2.65. The lowest BCUT2D eigenvalue weighted by molar-refractivity contribution is -0.120. The Kier molecular flexibility index (Phi) is 7.14. The zero-order valence-corrected chi connectivity index (χ0v) is 15.6. The van der Waals surface area contributed by atoms with E-state index in [2.05, 4.69) is 5.32 Å². The third-order valence-corrected chi connectivity index (χ3v) is 4.01. The number of methoxy groups -OCH3 is 4. The Morgan fingerprint density at radius 3 is 2.15 bits per heavy atom. The summed E-state index contributed by atoms with van der Waals surface area (Å²) >= 11 is 0. The molecule has 0 aliphatic heterocycles. The average molecular weight is 359 g/mol. The first-order valence-corrected chi connectivity index (χ1v) is 8.29. The first-order valence-electron chi connectivity index (χ1n) is 8.29. The van der Waals surface area contributed by atoms with Gasteiger partial charge in [-0.15, -0.1) is 0 Å². The smallest absolute Gasteiger partial charge is 0.224 e. The van der Waals surface area contributed by atoms with Gasteiger partial charge in [-0.1, -0.05) is 12.1 Å². The van der Waals surface area contributed by atoms with E-state index >= 15 is 0 Å². The van der Waals surface area contributed by atoms with Crippen molar-refractivity contribution >= 4 is 5.91 Å². The molecule has 0 spiro atoms. The molecule has 26 heavy (non-hydrogen) atoms. The van der Waals surface area contributed by atoms with Gasteiger partial charge in [-0.3, -0.25) is 4.79 Å². The maximum absolute atomic E-state index is 12.1. The molecule has 6 heteroatoms. The van der Waals surface area contributed by atoms with Crippen LogP contribution in [0.1, 0.15) is 11.1 Å². The van der Waals surface area contributed by atoms with Gasteiger partial charge in [0.15, 0.2) is 11.5 Å². The molecule has 0 aliphatic carbocycles. The Morgan fingerprint density at radius 2 is 1.58 bits per heavy atom. The van der Waals surface area contributed by atoms with Crippen molar-refractivity contribution in [3.8, 4) is 23.0 Å². The number of benzene rings is 2. The predicted molar refractivity (Wildman–Crippen MR) is 99.5 cm³/mol. The van der Waals surface area contributed by atoms with E-state index in [0.717, 1.165) is 16.9 Å². The van der Waals surface area contributed by atoms with Crippen LogP contribution in [-0.4, -0.2) is 40.9 Å². The molecule has 1 N–H and O–H groups in total. The summed E-state index contributed by atoms with van der Waals surface area (Å²) < 4.78 is 21.2. The molecule has 0 radical (unpaired) electrons. The van der Waals surface area contributed by atoms with Gasteiger partial charge in [0.05, 0.1) is 34.9 Å². The first-order chi connectivity index (χ1) is 12.6. The van der Waals surface area contributed by atoms with Crippen LogP contribution >= 0.6 is 0 Å². The minimum absolute atomic E-state index is 0.0380. The van der Waals surface area contributed by atoms with Crippen molar-refractivity contribution in [2.75, 3.05) is 35.0 Å².